The van der Waals surface area contributed by atoms with Gasteiger partial charge in [-0.1, -0.05) is 5.16 Å². The number of carbonyl (C=O) groups excluding carboxylic acids is 1. The van der Waals surface area contributed by atoms with Crippen molar-refractivity contribution >= 4 is 15.7 Å². The highest BCUT2D eigenvalue weighted by Crippen LogP contribution is 2.35. The zero-order valence-corrected chi connectivity index (χ0v) is 18.6. The topological polar surface area (TPSA) is 150 Å². The van der Waals surface area contributed by atoms with Crippen LogP contribution in [0.5, 0.6) is 17.2 Å². The number of hydrogen-bond acceptors (Lipinski definition) is 9. The van der Waals surface area contributed by atoms with E-state index in [1.807, 2.05) is 0 Å². The number of methoxy groups -OCH3 is 2. The quantitative estimate of drug-likeness (QED) is 0.426. The van der Waals surface area contributed by atoms with E-state index in [0.717, 1.165) is 0 Å². The number of nitrogens with zero attached hydrogens (tertiary/aromatic N) is 1. The van der Waals surface area contributed by atoms with Crippen LogP contribution in [0, 0.1) is 0 Å². The van der Waals surface area contributed by atoms with E-state index >= 15 is 0 Å². The molecule has 2 aromatic carbocycles. The largest absolute Gasteiger partial charge is 0.496 e. The molecule has 2 N–H and O–H groups in total. The van der Waals surface area contributed by atoms with Crippen LogP contribution in [0.25, 0.3) is 0 Å². The van der Waals surface area contributed by atoms with Crippen molar-refractivity contribution < 1.29 is 40.7 Å². The van der Waals surface area contributed by atoms with Gasteiger partial charge in [-0.05, 0) is 24.3 Å². The number of hydrogen-bond donors (Lipinski definition) is 2. The maximum absolute atomic E-state index is 12.8. The van der Waals surface area contributed by atoms with Gasteiger partial charge in [0.1, 0.15) is 23.0 Å². The van der Waals surface area contributed by atoms with Crippen LogP contribution in [0.15, 0.2) is 50.6 Å². The molecule has 14 heteroatoms. The maximum Gasteiger partial charge on any atom is 0.438 e. The molecule has 1 aromatic heterocycles. The van der Waals surface area contributed by atoms with Crippen molar-refractivity contribution in [3.63, 3.8) is 0 Å². The van der Waals surface area contributed by atoms with Crippen LogP contribution in [0.2, 0.25) is 0 Å². The van der Waals surface area contributed by atoms with Crippen LogP contribution in [-0.2, 0) is 22.1 Å². The molecule has 0 unspecified atom stereocenters. The number of alkyl halides is 2. The number of carbonyl (C=O) groups is 1. The van der Waals surface area contributed by atoms with Crippen molar-refractivity contribution in [1.29, 1.82) is 0 Å². The Morgan fingerprint density at radius 2 is 1.82 bits per heavy atom. The summed E-state index contributed by atoms with van der Waals surface area (Å²) in [7, 11) is -1.21. The van der Waals surface area contributed by atoms with Gasteiger partial charge in [-0.3, -0.25) is 14.3 Å². The average Bonchev–Trinajstić information content (AvgIpc) is 3.20. The molecule has 0 bridgehead atoms. The molecule has 182 valence electrons. The molecular formula is C20H19F2N3O8S. The second kappa shape index (κ2) is 10.3. The molecule has 0 aliphatic rings. The molecule has 0 fully saturated rings. The number of halogens is 2. The molecular weight excluding hydrogens is 480 g/mol. The number of sulfone groups is 1. The Labute approximate surface area is 191 Å². The second-order valence-electron chi connectivity index (χ2n) is 6.69. The fraction of sp³-hybridized carbons (Fsp3) is 0.250. The molecule has 0 saturated carbocycles. The summed E-state index contributed by atoms with van der Waals surface area (Å²) in [6.07, 6.45) is 0. The summed E-state index contributed by atoms with van der Waals surface area (Å²) in [5.41, 5.74) is 0.260. The van der Waals surface area contributed by atoms with Crippen molar-refractivity contribution in [1.82, 2.24) is 15.5 Å². The first-order valence-electron chi connectivity index (χ1n) is 9.48. The zero-order valence-electron chi connectivity index (χ0n) is 17.8. The van der Waals surface area contributed by atoms with Gasteiger partial charge in [-0.2, -0.15) is 8.78 Å². The molecule has 34 heavy (non-hydrogen) atoms. The number of aromatic nitrogens is 2. The average molecular weight is 499 g/mol. The van der Waals surface area contributed by atoms with Gasteiger partial charge in [0, 0.05) is 17.7 Å². The van der Waals surface area contributed by atoms with Gasteiger partial charge in [0.05, 0.1) is 31.2 Å². The number of rotatable bonds is 10. The number of nitrogens with one attached hydrogen (secondary N) is 2. The van der Waals surface area contributed by atoms with Crippen molar-refractivity contribution in [2.75, 3.05) is 14.2 Å². The van der Waals surface area contributed by atoms with E-state index in [1.54, 1.807) is 0 Å². The minimum absolute atomic E-state index is 0.109. The molecule has 0 aliphatic carbocycles. The predicted octanol–water partition coefficient (Wildman–Crippen LogP) is 1.89. The summed E-state index contributed by atoms with van der Waals surface area (Å²) >= 11 is 0. The lowest BCUT2D eigenvalue weighted by Gasteiger charge is -2.16. The zero-order chi connectivity index (χ0) is 24.9. The Bertz CT molecular complexity index is 1320. The summed E-state index contributed by atoms with van der Waals surface area (Å²) in [5.74, 6) is -2.12. The smallest absolute Gasteiger partial charge is 0.438 e. The molecule has 1 heterocycles. The van der Waals surface area contributed by atoms with Gasteiger partial charge >= 0.3 is 12.4 Å². The van der Waals surface area contributed by atoms with E-state index in [-0.39, 0.29) is 45.6 Å². The third kappa shape index (κ3) is 5.89. The molecule has 0 saturated heterocycles. The van der Waals surface area contributed by atoms with Crippen molar-refractivity contribution in [2.45, 2.75) is 23.8 Å². The van der Waals surface area contributed by atoms with E-state index < -0.39 is 33.9 Å². The third-order valence-electron chi connectivity index (χ3n) is 4.53. The summed E-state index contributed by atoms with van der Waals surface area (Å²) in [5, 5.41) is 5.86. The van der Waals surface area contributed by atoms with E-state index in [4.69, 9.17) is 9.47 Å². The van der Waals surface area contributed by atoms with Gasteiger partial charge < -0.3 is 19.5 Å². The molecule has 0 radical (unpaired) electrons. The van der Waals surface area contributed by atoms with Gasteiger partial charge in [0.25, 0.3) is 5.91 Å². The summed E-state index contributed by atoms with van der Waals surface area (Å²) < 4.78 is 69.6. The number of amides is 1. The minimum atomic E-state index is -3.87. The highest BCUT2D eigenvalue weighted by atomic mass is 32.2. The number of H-pyrrole nitrogens is 1. The van der Waals surface area contributed by atoms with E-state index in [0.29, 0.717) is 0 Å². The lowest BCUT2D eigenvalue weighted by atomic mass is 10.1. The van der Waals surface area contributed by atoms with Crippen LogP contribution < -0.4 is 25.3 Å². The first-order chi connectivity index (χ1) is 16.1. The normalized spacial score (nSPS) is 11.3. The molecule has 3 rings (SSSR count). The lowest BCUT2D eigenvalue weighted by Crippen LogP contribution is -2.24. The van der Waals surface area contributed by atoms with Crippen molar-refractivity contribution in [3.05, 3.63) is 63.9 Å². The van der Waals surface area contributed by atoms with Gasteiger partial charge in [-0.15, -0.1) is 0 Å². The first-order valence-corrected chi connectivity index (χ1v) is 11.1. The van der Waals surface area contributed by atoms with Gasteiger partial charge in [-0.25, -0.2) is 13.2 Å². The lowest BCUT2D eigenvalue weighted by molar-refractivity contribution is -0.0506. The number of benzene rings is 2. The SMILES string of the molecule is COc1cc(OC)c(CNC(=O)c2ccc(S(=O)(=O)Cc3noc(=O)[nH]3)cc2)c(OC(F)F)c1. The maximum atomic E-state index is 12.8. The summed E-state index contributed by atoms with van der Waals surface area (Å²) in [6.45, 7) is -3.34. The van der Waals surface area contributed by atoms with E-state index in [2.05, 4.69) is 24.7 Å². The predicted molar refractivity (Wildman–Crippen MR) is 112 cm³/mol. The fourth-order valence-corrected chi connectivity index (χ4v) is 4.14. The second-order valence-corrected chi connectivity index (χ2v) is 8.68. The Balaban J connectivity index is 1.75. The van der Waals surface area contributed by atoms with Crippen LogP contribution in [0.4, 0.5) is 8.78 Å². The van der Waals surface area contributed by atoms with Crippen molar-refractivity contribution in [3.8, 4) is 17.2 Å². The van der Waals surface area contributed by atoms with Crippen LogP contribution in [-0.4, -0.2) is 45.3 Å². The molecule has 0 aliphatic heterocycles. The summed E-state index contributed by atoms with van der Waals surface area (Å²) in [6, 6.07) is 7.65. The molecule has 11 nitrogen and oxygen atoms in total. The number of aromatic amines is 1. The molecule has 0 spiro atoms. The molecule has 0 atom stereocenters. The highest BCUT2D eigenvalue weighted by Gasteiger charge is 2.20. The Kier molecular flexibility index (Phi) is 7.50. The highest BCUT2D eigenvalue weighted by molar-refractivity contribution is 7.90. The van der Waals surface area contributed by atoms with Crippen LogP contribution >= 0.6 is 0 Å². The Morgan fingerprint density at radius 1 is 1.15 bits per heavy atom. The van der Waals surface area contributed by atoms with Crippen LogP contribution in [0.1, 0.15) is 21.7 Å². The molecule has 3 aromatic rings. The molecule has 1 amide bonds. The van der Waals surface area contributed by atoms with Gasteiger partial charge in [0.15, 0.2) is 15.7 Å². The van der Waals surface area contributed by atoms with Crippen molar-refractivity contribution in [2.24, 2.45) is 0 Å². The van der Waals surface area contributed by atoms with E-state index in [1.165, 1.54) is 50.6 Å². The fourth-order valence-electron chi connectivity index (χ4n) is 2.94. The van der Waals surface area contributed by atoms with E-state index in [9.17, 15) is 26.8 Å². The third-order valence-corrected chi connectivity index (χ3v) is 6.17. The summed E-state index contributed by atoms with van der Waals surface area (Å²) in [4.78, 5) is 25.5. The Hall–Kier alpha value is -3.94. The monoisotopic (exact) mass is 499 g/mol. The Morgan fingerprint density at radius 3 is 2.38 bits per heavy atom. The van der Waals surface area contributed by atoms with Crippen LogP contribution in [0.3, 0.4) is 0 Å². The first kappa shape index (κ1) is 24.7. The van der Waals surface area contributed by atoms with Gasteiger partial charge in [0.2, 0.25) is 0 Å². The minimum Gasteiger partial charge on any atom is -0.496 e. The standard InChI is InChI=1S/C20H19F2N3O8S/c1-30-12-7-15(31-2)14(16(8-12)32-19(21)22)9-23-18(26)11-3-5-13(6-4-11)34(28,29)10-17-24-20(27)33-25-17/h3-8,19H,9-10H2,1-2H3,(H,23,26)(H,24,25,27). The number of ether oxygens (including phenoxy) is 3.